The smallest absolute Gasteiger partial charge is 0.263 e. The van der Waals surface area contributed by atoms with Gasteiger partial charge in [-0.15, -0.1) is 0 Å². The zero-order valence-corrected chi connectivity index (χ0v) is 14.8. The number of likely N-dealkylation sites (N-methyl/N-ethyl adjacent to an activating group) is 1. The summed E-state index contributed by atoms with van der Waals surface area (Å²) in [6.45, 7) is 5.30. The fraction of sp³-hybridized carbons (Fsp3) is 0.389. The Morgan fingerprint density at radius 2 is 2.28 bits per heavy atom. The molecule has 130 valence electrons. The lowest BCUT2D eigenvalue weighted by molar-refractivity contribution is 0.277. The zero-order valence-electron chi connectivity index (χ0n) is 14.1. The van der Waals surface area contributed by atoms with E-state index >= 15 is 0 Å². The average Bonchev–Trinajstić information content (AvgIpc) is 3.26. The van der Waals surface area contributed by atoms with Crippen LogP contribution in [0.5, 0.6) is 0 Å². The Balaban J connectivity index is 1.66. The van der Waals surface area contributed by atoms with Crippen LogP contribution in [0.2, 0.25) is 5.02 Å². The van der Waals surface area contributed by atoms with Crippen LogP contribution < -0.4 is 5.32 Å². The fourth-order valence-electron chi connectivity index (χ4n) is 3.51. The molecule has 4 rings (SSSR count). The van der Waals surface area contributed by atoms with Crippen molar-refractivity contribution in [2.45, 2.75) is 25.8 Å². The van der Waals surface area contributed by atoms with E-state index in [4.69, 9.17) is 16.1 Å². The van der Waals surface area contributed by atoms with Gasteiger partial charge in [-0.3, -0.25) is 4.90 Å². The monoisotopic (exact) mass is 357 g/mol. The summed E-state index contributed by atoms with van der Waals surface area (Å²) in [5.74, 6) is 0.754. The Bertz CT molecular complexity index is 881. The van der Waals surface area contributed by atoms with Crippen LogP contribution in [-0.4, -0.2) is 45.7 Å². The predicted octanol–water partition coefficient (Wildman–Crippen LogP) is 3.83. The van der Waals surface area contributed by atoms with Crippen LogP contribution in [0, 0.1) is 0 Å². The highest BCUT2D eigenvalue weighted by atomic mass is 35.5. The second-order valence-electron chi connectivity index (χ2n) is 6.25. The first-order valence-corrected chi connectivity index (χ1v) is 8.98. The van der Waals surface area contributed by atoms with E-state index in [1.54, 1.807) is 0 Å². The number of hydrogen-bond acceptors (Lipinski definition) is 6. The number of rotatable bonds is 5. The molecule has 3 aromatic rings. The maximum absolute atomic E-state index is 6.12. The van der Waals surface area contributed by atoms with Gasteiger partial charge in [-0.05, 0) is 38.1 Å². The van der Waals surface area contributed by atoms with Crippen molar-refractivity contribution >= 4 is 28.5 Å². The third-order valence-corrected chi connectivity index (χ3v) is 5.02. The molecule has 0 saturated carbocycles. The number of likely N-dealkylation sites (tertiary alicyclic amines) is 1. The van der Waals surface area contributed by atoms with Crippen molar-refractivity contribution in [3.63, 3.8) is 0 Å². The predicted molar refractivity (Wildman–Crippen MR) is 98.8 cm³/mol. The lowest BCUT2D eigenvalue weighted by Crippen LogP contribution is -2.34. The first-order chi connectivity index (χ1) is 12.3. The summed E-state index contributed by atoms with van der Waals surface area (Å²) >= 11 is 6.12. The van der Waals surface area contributed by atoms with E-state index in [0.29, 0.717) is 22.5 Å². The highest BCUT2D eigenvalue weighted by Gasteiger charge is 2.24. The van der Waals surface area contributed by atoms with Crippen LogP contribution >= 0.6 is 11.6 Å². The maximum atomic E-state index is 6.12. The molecule has 0 amide bonds. The SMILES string of the molecule is CCN1CCC[C@@H]1CNc1ncnc2onc(-c3cccc(Cl)c3)c12. The molecular formula is C18H20ClN5O. The second kappa shape index (κ2) is 6.98. The summed E-state index contributed by atoms with van der Waals surface area (Å²) in [7, 11) is 0. The Kier molecular flexibility index (Phi) is 4.55. The van der Waals surface area contributed by atoms with E-state index < -0.39 is 0 Å². The fourth-order valence-corrected chi connectivity index (χ4v) is 3.70. The summed E-state index contributed by atoms with van der Waals surface area (Å²) in [4.78, 5) is 11.1. The van der Waals surface area contributed by atoms with E-state index in [-0.39, 0.29) is 0 Å². The summed E-state index contributed by atoms with van der Waals surface area (Å²) in [5, 5.41) is 9.12. The van der Waals surface area contributed by atoms with Crippen LogP contribution in [0.4, 0.5) is 5.82 Å². The van der Waals surface area contributed by atoms with E-state index in [2.05, 4.69) is 32.3 Å². The van der Waals surface area contributed by atoms with Crippen LogP contribution in [0.25, 0.3) is 22.4 Å². The number of anilines is 1. The summed E-state index contributed by atoms with van der Waals surface area (Å²) in [6.07, 6.45) is 3.96. The third-order valence-electron chi connectivity index (χ3n) is 4.78. The molecule has 1 saturated heterocycles. The van der Waals surface area contributed by atoms with Crippen LogP contribution in [0.15, 0.2) is 35.1 Å². The highest BCUT2D eigenvalue weighted by molar-refractivity contribution is 6.30. The molecule has 0 radical (unpaired) electrons. The summed E-state index contributed by atoms with van der Waals surface area (Å²) in [5.41, 5.74) is 2.07. The maximum Gasteiger partial charge on any atom is 0.263 e. The van der Waals surface area contributed by atoms with Gasteiger partial charge in [0, 0.05) is 23.2 Å². The number of halogens is 1. The van der Waals surface area contributed by atoms with Gasteiger partial charge < -0.3 is 9.84 Å². The number of nitrogens with one attached hydrogen (secondary N) is 1. The molecule has 0 aliphatic carbocycles. The van der Waals surface area contributed by atoms with Crippen molar-refractivity contribution in [1.82, 2.24) is 20.0 Å². The first kappa shape index (κ1) is 16.3. The van der Waals surface area contributed by atoms with E-state index in [0.717, 1.165) is 29.9 Å². The van der Waals surface area contributed by atoms with E-state index in [1.165, 1.54) is 25.7 Å². The molecule has 1 N–H and O–H groups in total. The molecule has 3 heterocycles. The van der Waals surface area contributed by atoms with E-state index in [9.17, 15) is 0 Å². The number of aromatic nitrogens is 3. The molecule has 7 heteroatoms. The van der Waals surface area contributed by atoms with Crippen molar-refractivity contribution in [2.75, 3.05) is 25.0 Å². The molecule has 2 aromatic heterocycles. The number of fused-ring (bicyclic) bond motifs is 1. The van der Waals surface area contributed by atoms with Gasteiger partial charge in [0.25, 0.3) is 5.71 Å². The molecule has 0 unspecified atom stereocenters. The molecule has 1 atom stereocenters. The Hall–Kier alpha value is -2.18. The Labute approximate surface area is 151 Å². The van der Waals surface area contributed by atoms with Crippen LogP contribution in [0.3, 0.4) is 0 Å². The zero-order chi connectivity index (χ0) is 17.2. The number of benzene rings is 1. The Morgan fingerprint density at radius 3 is 3.12 bits per heavy atom. The second-order valence-corrected chi connectivity index (χ2v) is 6.69. The molecule has 0 spiro atoms. The van der Waals surface area contributed by atoms with Crippen LogP contribution in [-0.2, 0) is 0 Å². The van der Waals surface area contributed by atoms with Gasteiger partial charge in [-0.2, -0.15) is 4.98 Å². The Morgan fingerprint density at radius 1 is 1.36 bits per heavy atom. The molecule has 0 bridgehead atoms. The van der Waals surface area contributed by atoms with Crippen molar-refractivity contribution in [2.24, 2.45) is 0 Å². The lowest BCUT2D eigenvalue weighted by Gasteiger charge is -2.23. The van der Waals surface area contributed by atoms with Crippen molar-refractivity contribution in [3.05, 3.63) is 35.6 Å². The van der Waals surface area contributed by atoms with Gasteiger partial charge in [-0.25, -0.2) is 4.98 Å². The first-order valence-electron chi connectivity index (χ1n) is 8.60. The van der Waals surface area contributed by atoms with Crippen molar-refractivity contribution in [3.8, 4) is 11.3 Å². The molecule has 1 aliphatic rings. The lowest BCUT2D eigenvalue weighted by atomic mass is 10.1. The summed E-state index contributed by atoms with van der Waals surface area (Å²) in [6, 6.07) is 8.08. The highest BCUT2D eigenvalue weighted by Crippen LogP contribution is 2.32. The van der Waals surface area contributed by atoms with Gasteiger partial charge in [0.15, 0.2) is 0 Å². The van der Waals surface area contributed by atoms with Crippen molar-refractivity contribution in [1.29, 1.82) is 0 Å². The molecule has 1 aromatic carbocycles. The molecule has 25 heavy (non-hydrogen) atoms. The number of nitrogens with zero attached hydrogens (tertiary/aromatic N) is 4. The average molecular weight is 358 g/mol. The topological polar surface area (TPSA) is 67.1 Å². The quantitative estimate of drug-likeness (QED) is 0.748. The third kappa shape index (κ3) is 3.19. The minimum absolute atomic E-state index is 0.478. The van der Waals surface area contributed by atoms with Crippen LogP contribution in [0.1, 0.15) is 19.8 Å². The van der Waals surface area contributed by atoms with Gasteiger partial charge in [0.2, 0.25) is 0 Å². The molecular weight excluding hydrogens is 338 g/mol. The molecule has 1 fully saturated rings. The molecule has 6 nitrogen and oxygen atoms in total. The van der Waals surface area contributed by atoms with Gasteiger partial charge in [0.05, 0.1) is 0 Å². The standard InChI is InChI=1S/C18H20ClN5O/c1-2-24-8-4-7-14(24)10-20-17-15-16(12-5-3-6-13(19)9-12)23-25-18(15)22-11-21-17/h3,5-6,9,11,14H,2,4,7-8,10H2,1H3,(H,20,21,22)/t14-/m1/s1. The molecule has 1 aliphatic heterocycles. The van der Waals surface area contributed by atoms with E-state index in [1.807, 2.05) is 24.3 Å². The largest absolute Gasteiger partial charge is 0.368 e. The minimum atomic E-state index is 0.478. The minimum Gasteiger partial charge on any atom is -0.368 e. The normalized spacial score (nSPS) is 18.1. The van der Waals surface area contributed by atoms with Gasteiger partial charge >= 0.3 is 0 Å². The number of hydrogen-bond donors (Lipinski definition) is 1. The summed E-state index contributed by atoms with van der Waals surface area (Å²) < 4.78 is 5.40. The van der Waals surface area contributed by atoms with Gasteiger partial charge in [-0.1, -0.05) is 35.8 Å². The van der Waals surface area contributed by atoms with Gasteiger partial charge in [0.1, 0.15) is 23.2 Å². The van der Waals surface area contributed by atoms with Crippen molar-refractivity contribution < 1.29 is 4.52 Å².